The predicted molar refractivity (Wildman–Crippen MR) is 111 cm³/mol. The van der Waals surface area contributed by atoms with E-state index in [0.29, 0.717) is 5.41 Å². The monoisotopic (exact) mass is 378 g/mol. The summed E-state index contributed by atoms with van der Waals surface area (Å²) in [6, 6.07) is 6.22. The molecule has 1 atom stereocenters. The number of piperidine rings is 1. The number of benzene rings is 1. The van der Waals surface area contributed by atoms with E-state index in [1.807, 2.05) is 17.8 Å². The minimum Gasteiger partial charge on any atom is -0.493 e. The molecule has 1 spiro atoms. The Balaban J connectivity index is 1.61. The van der Waals surface area contributed by atoms with Crippen LogP contribution in [0.5, 0.6) is 11.5 Å². The fourth-order valence-corrected chi connectivity index (χ4v) is 5.17. The van der Waals surface area contributed by atoms with Crippen LogP contribution >= 0.6 is 11.8 Å². The van der Waals surface area contributed by atoms with Crippen molar-refractivity contribution < 1.29 is 9.47 Å². The van der Waals surface area contributed by atoms with Crippen LogP contribution in [-0.2, 0) is 6.54 Å². The maximum Gasteiger partial charge on any atom is 0.165 e. The van der Waals surface area contributed by atoms with Crippen LogP contribution in [0.4, 0.5) is 0 Å². The van der Waals surface area contributed by atoms with Crippen molar-refractivity contribution in [1.29, 1.82) is 0 Å². The highest BCUT2D eigenvalue weighted by molar-refractivity contribution is 7.98. The SMILES string of the molecule is COc1cccc(CN2CCCC3(CCN(CCCSC)C3)C2)c1OC. The third kappa shape index (κ3) is 4.68. The number of methoxy groups -OCH3 is 2. The summed E-state index contributed by atoms with van der Waals surface area (Å²) < 4.78 is 11.1. The summed E-state index contributed by atoms with van der Waals surface area (Å²) in [5, 5.41) is 0. The molecule has 0 bridgehead atoms. The van der Waals surface area contributed by atoms with Crippen LogP contribution in [0.3, 0.4) is 0 Å². The highest BCUT2D eigenvalue weighted by Gasteiger charge is 2.41. The molecule has 146 valence electrons. The van der Waals surface area contributed by atoms with Crippen molar-refractivity contribution in [2.45, 2.75) is 32.2 Å². The van der Waals surface area contributed by atoms with Gasteiger partial charge >= 0.3 is 0 Å². The van der Waals surface area contributed by atoms with Crippen molar-refractivity contribution in [3.63, 3.8) is 0 Å². The fraction of sp³-hybridized carbons (Fsp3) is 0.714. The average Bonchev–Trinajstić information content (AvgIpc) is 3.03. The van der Waals surface area contributed by atoms with Crippen LogP contribution in [-0.4, -0.2) is 68.8 Å². The second kappa shape index (κ2) is 9.34. The fourth-order valence-electron chi connectivity index (χ4n) is 4.75. The molecule has 1 unspecified atom stereocenters. The first kappa shape index (κ1) is 19.8. The highest BCUT2D eigenvalue weighted by Crippen LogP contribution is 2.40. The summed E-state index contributed by atoms with van der Waals surface area (Å²) >= 11 is 1.96. The van der Waals surface area contributed by atoms with E-state index in [1.165, 1.54) is 69.7 Å². The van der Waals surface area contributed by atoms with Gasteiger partial charge in [-0.25, -0.2) is 0 Å². The molecule has 4 nitrogen and oxygen atoms in total. The molecule has 1 aromatic carbocycles. The minimum atomic E-state index is 0.504. The van der Waals surface area contributed by atoms with E-state index in [2.05, 4.69) is 28.2 Å². The van der Waals surface area contributed by atoms with Gasteiger partial charge in [0.05, 0.1) is 14.2 Å². The van der Waals surface area contributed by atoms with Crippen molar-refractivity contribution in [2.75, 3.05) is 59.0 Å². The van der Waals surface area contributed by atoms with E-state index in [1.54, 1.807) is 14.2 Å². The lowest BCUT2D eigenvalue weighted by Crippen LogP contribution is -2.44. The number of rotatable bonds is 8. The average molecular weight is 379 g/mol. The Labute approximate surface area is 163 Å². The number of likely N-dealkylation sites (tertiary alicyclic amines) is 2. The van der Waals surface area contributed by atoms with Crippen molar-refractivity contribution in [3.05, 3.63) is 23.8 Å². The molecule has 3 rings (SSSR count). The standard InChI is InChI=1S/C21H34N2O2S/c1-24-19-8-4-7-18(20(19)25-2)15-23-11-5-9-21(17-23)10-13-22(16-21)12-6-14-26-3/h4,7-8H,5-6,9-17H2,1-3H3. The molecule has 5 heteroatoms. The van der Waals surface area contributed by atoms with Crippen LogP contribution in [0.1, 0.15) is 31.2 Å². The predicted octanol–water partition coefficient (Wildman–Crippen LogP) is 3.74. The molecule has 0 N–H and O–H groups in total. The lowest BCUT2D eigenvalue weighted by atomic mass is 9.79. The molecule has 2 aliphatic rings. The number of hydrogen-bond donors (Lipinski definition) is 0. The maximum absolute atomic E-state index is 5.64. The van der Waals surface area contributed by atoms with Gasteiger partial charge in [-0.2, -0.15) is 11.8 Å². The van der Waals surface area contributed by atoms with Gasteiger partial charge < -0.3 is 14.4 Å². The molecule has 2 fully saturated rings. The molecular weight excluding hydrogens is 344 g/mol. The zero-order chi connectivity index (χ0) is 18.4. The van der Waals surface area contributed by atoms with Gasteiger partial charge in [-0.3, -0.25) is 4.90 Å². The van der Waals surface area contributed by atoms with E-state index in [-0.39, 0.29) is 0 Å². The van der Waals surface area contributed by atoms with Crippen LogP contribution in [0.15, 0.2) is 18.2 Å². The third-order valence-electron chi connectivity index (χ3n) is 5.96. The zero-order valence-corrected chi connectivity index (χ0v) is 17.4. The van der Waals surface area contributed by atoms with E-state index >= 15 is 0 Å². The van der Waals surface area contributed by atoms with Gasteiger partial charge in [0, 0.05) is 25.2 Å². The molecule has 2 aliphatic heterocycles. The molecule has 0 aromatic heterocycles. The van der Waals surface area contributed by atoms with Gasteiger partial charge in [0.1, 0.15) is 0 Å². The Bertz CT molecular complexity index is 583. The van der Waals surface area contributed by atoms with Crippen LogP contribution in [0.25, 0.3) is 0 Å². The Morgan fingerprint density at radius 2 is 1.92 bits per heavy atom. The lowest BCUT2D eigenvalue weighted by Gasteiger charge is -2.40. The van der Waals surface area contributed by atoms with E-state index in [4.69, 9.17) is 9.47 Å². The number of hydrogen-bond acceptors (Lipinski definition) is 5. The Morgan fingerprint density at radius 3 is 2.69 bits per heavy atom. The van der Waals surface area contributed by atoms with Gasteiger partial charge in [0.15, 0.2) is 11.5 Å². The molecule has 1 aromatic rings. The molecular formula is C21H34N2O2S. The molecule has 0 saturated carbocycles. The minimum absolute atomic E-state index is 0.504. The van der Waals surface area contributed by atoms with E-state index < -0.39 is 0 Å². The van der Waals surface area contributed by atoms with Crippen molar-refractivity contribution >= 4 is 11.8 Å². The molecule has 0 aliphatic carbocycles. The molecule has 0 radical (unpaired) electrons. The summed E-state index contributed by atoms with van der Waals surface area (Å²) in [4.78, 5) is 5.33. The molecule has 2 heterocycles. The molecule has 0 amide bonds. The van der Waals surface area contributed by atoms with Gasteiger partial charge in [0.25, 0.3) is 0 Å². The molecule has 26 heavy (non-hydrogen) atoms. The van der Waals surface area contributed by atoms with Crippen molar-refractivity contribution in [2.24, 2.45) is 5.41 Å². The van der Waals surface area contributed by atoms with Crippen LogP contribution < -0.4 is 9.47 Å². The van der Waals surface area contributed by atoms with Crippen molar-refractivity contribution in [1.82, 2.24) is 9.80 Å². The topological polar surface area (TPSA) is 24.9 Å². The normalized spacial score (nSPS) is 24.3. The summed E-state index contributed by atoms with van der Waals surface area (Å²) in [7, 11) is 3.45. The van der Waals surface area contributed by atoms with E-state index in [0.717, 1.165) is 18.0 Å². The Morgan fingerprint density at radius 1 is 1.08 bits per heavy atom. The van der Waals surface area contributed by atoms with Gasteiger partial charge in [-0.1, -0.05) is 12.1 Å². The quantitative estimate of drug-likeness (QED) is 0.642. The van der Waals surface area contributed by atoms with E-state index in [9.17, 15) is 0 Å². The smallest absolute Gasteiger partial charge is 0.165 e. The summed E-state index contributed by atoms with van der Waals surface area (Å²) in [5.74, 6) is 3.00. The van der Waals surface area contributed by atoms with Crippen molar-refractivity contribution in [3.8, 4) is 11.5 Å². The summed E-state index contributed by atoms with van der Waals surface area (Å²) in [6.45, 7) is 7.19. The third-order valence-corrected chi connectivity index (χ3v) is 6.66. The Hall–Kier alpha value is -0.910. The number of para-hydroxylation sites is 1. The largest absolute Gasteiger partial charge is 0.493 e. The van der Waals surface area contributed by atoms with Gasteiger partial charge in [0.2, 0.25) is 0 Å². The first-order valence-corrected chi connectivity index (χ1v) is 11.2. The van der Waals surface area contributed by atoms with Crippen LogP contribution in [0.2, 0.25) is 0 Å². The maximum atomic E-state index is 5.64. The van der Waals surface area contributed by atoms with Crippen LogP contribution in [0, 0.1) is 5.41 Å². The van der Waals surface area contributed by atoms with Gasteiger partial charge in [-0.05, 0) is 68.8 Å². The number of nitrogens with zero attached hydrogens (tertiary/aromatic N) is 2. The number of ether oxygens (including phenoxy) is 2. The number of thioether (sulfide) groups is 1. The Kier molecular flexibility index (Phi) is 7.12. The second-order valence-electron chi connectivity index (χ2n) is 7.84. The molecule has 2 saturated heterocycles. The van der Waals surface area contributed by atoms with Gasteiger partial charge in [-0.15, -0.1) is 0 Å². The first-order valence-electron chi connectivity index (χ1n) is 9.83. The first-order chi connectivity index (χ1) is 12.7. The summed E-state index contributed by atoms with van der Waals surface area (Å²) in [6.07, 6.45) is 7.58. The zero-order valence-electron chi connectivity index (χ0n) is 16.6. The lowest BCUT2D eigenvalue weighted by molar-refractivity contribution is 0.0867. The summed E-state index contributed by atoms with van der Waals surface area (Å²) in [5.41, 5.74) is 1.74. The second-order valence-corrected chi connectivity index (χ2v) is 8.82. The highest BCUT2D eigenvalue weighted by atomic mass is 32.2.